The lowest BCUT2D eigenvalue weighted by Gasteiger charge is -2.04. The summed E-state index contributed by atoms with van der Waals surface area (Å²) in [6, 6.07) is 5.09. The van der Waals surface area contributed by atoms with Crippen molar-refractivity contribution in [3.8, 4) is 0 Å². The quantitative estimate of drug-likeness (QED) is 0.639. The number of nitrogens with two attached hydrogens (primary N) is 1. The van der Waals surface area contributed by atoms with E-state index in [-0.39, 0.29) is 5.78 Å². The van der Waals surface area contributed by atoms with E-state index in [9.17, 15) is 4.79 Å². The van der Waals surface area contributed by atoms with Gasteiger partial charge >= 0.3 is 0 Å². The highest BCUT2D eigenvalue weighted by atomic mass is 35.5. The highest BCUT2D eigenvalue weighted by Gasteiger charge is 2.11. The van der Waals surface area contributed by atoms with Crippen molar-refractivity contribution in [3.05, 3.63) is 33.8 Å². The molecule has 4 heteroatoms. The van der Waals surface area contributed by atoms with Crippen LogP contribution in [-0.2, 0) is 0 Å². The van der Waals surface area contributed by atoms with Crippen LogP contribution < -0.4 is 5.73 Å². The summed E-state index contributed by atoms with van der Waals surface area (Å²) < 4.78 is 0. The van der Waals surface area contributed by atoms with Crippen molar-refractivity contribution in [2.24, 2.45) is 5.73 Å². The minimum atomic E-state index is 0.0240. The zero-order valence-corrected chi connectivity index (χ0v) is 9.81. The van der Waals surface area contributed by atoms with Crippen molar-refractivity contribution in [3.63, 3.8) is 0 Å². The highest BCUT2D eigenvalue weighted by Crippen LogP contribution is 2.26. The number of carbonyl (C=O) groups excluding carboxylic acids is 1. The van der Waals surface area contributed by atoms with Crippen molar-refractivity contribution < 1.29 is 4.79 Å². The molecule has 0 aliphatic heterocycles. The molecule has 0 radical (unpaired) electrons. The smallest absolute Gasteiger partial charge is 0.164 e. The average molecular weight is 246 g/mol. The fourth-order valence-corrected chi connectivity index (χ4v) is 1.69. The Morgan fingerprint density at radius 2 is 2.00 bits per heavy atom. The van der Waals surface area contributed by atoms with Crippen molar-refractivity contribution in [1.29, 1.82) is 0 Å². The first-order valence-corrected chi connectivity index (χ1v) is 5.59. The molecule has 0 aliphatic rings. The maximum absolute atomic E-state index is 11.7. The summed E-state index contributed by atoms with van der Waals surface area (Å²) in [5.41, 5.74) is 5.85. The lowest BCUT2D eigenvalue weighted by molar-refractivity contribution is 0.0980. The van der Waals surface area contributed by atoms with Crippen molar-refractivity contribution in [1.82, 2.24) is 0 Å². The minimum Gasteiger partial charge on any atom is -0.330 e. The monoisotopic (exact) mass is 245 g/mol. The van der Waals surface area contributed by atoms with Gasteiger partial charge in [0.25, 0.3) is 0 Å². The molecule has 0 atom stereocenters. The maximum Gasteiger partial charge on any atom is 0.164 e. The zero-order chi connectivity index (χ0) is 11.3. The van der Waals surface area contributed by atoms with Crippen LogP contribution in [-0.4, -0.2) is 12.3 Å². The van der Waals surface area contributed by atoms with Crippen molar-refractivity contribution in [2.45, 2.75) is 19.3 Å². The molecule has 0 bridgehead atoms. The number of hydrogen-bond acceptors (Lipinski definition) is 2. The molecule has 0 aliphatic carbocycles. The summed E-state index contributed by atoms with van der Waals surface area (Å²) in [6.45, 7) is 0.608. The van der Waals surface area contributed by atoms with Gasteiger partial charge in [-0.2, -0.15) is 0 Å². The molecule has 0 fully saturated rings. The van der Waals surface area contributed by atoms with Gasteiger partial charge in [-0.3, -0.25) is 4.79 Å². The fraction of sp³-hybridized carbons (Fsp3) is 0.364. The molecule has 0 saturated carbocycles. The van der Waals surface area contributed by atoms with Crippen LogP contribution in [0.1, 0.15) is 29.6 Å². The summed E-state index contributed by atoms with van der Waals surface area (Å²) in [4.78, 5) is 11.7. The second kappa shape index (κ2) is 6.11. The zero-order valence-electron chi connectivity index (χ0n) is 8.30. The Balaban J connectivity index is 2.69. The van der Waals surface area contributed by atoms with E-state index in [2.05, 4.69) is 0 Å². The van der Waals surface area contributed by atoms with Crippen LogP contribution in [0.25, 0.3) is 0 Å². The Morgan fingerprint density at radius 1 is 1.27 bits per heavy atom. The number of halogens is 2. The van der Waals surface area contributed by atoms with Gasteiger partial charge in [-0.15, -0.1) is 0 Å². The van der Waals surface area contributed by atoms with E-state index in [1.165, 1.54) is 0 Å². The van der Waals surface area contributed by atoms with E-state index in [1.54, 1.807) is 18.2 Å². The van der Waals surface area contributed by atoms with E-state index < -0.39 is 0 Å². The molecule has 1 aromatic rings. The van der Waals surface area contributed by atoms with Gasteiger partial charge in [0.15, 0.2) is 5.78 Å². The molecule has 0 amide bonds. The molecule has 82 valence electrons. The molecular formula is C11H13Cl2NO. The van der Waals surface area contributed by atoms with Gasteiger partial charge in [0, 0.05) is 12.0 Å². The lowest BCUT2D eigenvalue weighted by atomic mass is 10.1. The molecule has 1 rings (SSSR count). The third-order valence-corrected chi connectivity index (χ3v) is 2.93. The average Bonchev–Trinajstić information content (AvgIpc) is 2.22. The predicted octanol–water partition coefficient (Wildman–Crippen LogP) is 3.31. The SMILES string of the molecule is NCCCCC(=O)c1cccc(Cl)c1Cl. The number of Topliss-reactive ketones (excluding diaryl/α,β-unsaturated/α-hetero) is 1. The second-order valence-electron chi connectivity index (χ2n) is 3.27. The Hall–Kier alpha value is -0.570. The molecule has 0 spiro atoms. The summed E-state index contributed by atoms with van der Waals surface area (Å²) in [7, 11) is 0. The Labute approximate surface area is 99.4 Å². The summed E-state index contributed by atoms with van der Waals surface area (Å²) in [5, 5.41) is 0.762. The molecule has 0 aromatic heterocycles. The third kappa shape index (κ3) is 3.49. The standard InChI is InChI=1S/C11H13Cl2NO/c12-9-5-3-4-8(11(9)13)10(15)6-1-2-7-14/h3-5H,1-2,6-7,14H2. The molecular weight excluding hydrogens is 233 g/mol. The van der Waals surface area contributed by atoms with Crippen LogP contribution >= 0.6 is 23.2 Å². The second-order valence-corrected chi connectivity index (χ2v) is 4.06. The van der Waals surface area contributed by atoms with Crippen LogP contribution in [0.2, 0.25) is 10.0 Å². The summed E-state index contributed by atoms with van der Waals surface area (Å²) >= 11 is 11.7. The molecule has 0 unspecified atom stereocenters. The predicted molar refractivity (Wildman–Crippen MR) is 63.7 cm³/mol. The van der Waals surface area contributed by atoms with Gasteiger partial charge in [0.05, 0.1) is 10.0 Å². The van der Waals surface area contributed by atoms with Crippen LogP contribution in [0.3, 0.4) is 0 Å². The van der Waals surface area contributed by atoms with Gasteiger partial charge in [0.1, 0.15) is 0 Å². The number of carbonyl (C=O) groups is 1. The minimum absolute atomic E-state index is 0.0240. The van der Waals surface area contributed by atoms with Gasteiger partial charge in [-0.1, -0.05) is 29.3 Å². The number of rotatable bonds is 5. The van der Waals surface area contributed by atoms with Gasteiger partial charge in [0.2, 0.25) is 0 Å². The Bertz CT molecular complexity index is 352. The van der Waals surface area contributed by atoms with Gasteiger partial charge in [-0.25, -0.2) is 0 Å². The van der Waals surface area contributed by atoms with Crippen LogP contribution in [0, 0.1) is 0 Å². The van der Waals surface area contributed by atoms with Crippen LogP contribution in [0.15, 0.2) is 18.2 Å². The van der Waals surface area contributed by atoms with Gasteiger partial charge < -0.3 is 5.73 Å². The number of unbranched alkanes of at least 4 members (excludes halogenated alkanes) is 1. The van der Waals surface area contributed by atoms with E-state index in [1.807, 2.05) is 0 Å². The number of ketones is 1. The van der Waals surface area contributed by atoms with Crippen molar-refractivity contribution >= 4 is 29.0 Å². The lowest BCUT2D eigenvalue weighted by Crippen LogP contribution is -2.03. The molecule has 1 aromatic carbocycles. The number of hydrogen-bond donors (Lipinski definition) is 1. The molecule has 0 saturated heterocycles. The Kier molecular flexibility index (Phi) is 5.09. The van der Waals surface area contributed by atoms with Crippen molar-refractivity contribution in [2.75, 3.05) is 6.54 Å². The fourth-order valence-electron chi connectivity index (χ4n) is 1.28. The van der Waals surface area contributed by atoms with E-state index >= 15 is 0 Å². The topological polar surface area (TPSA) is 43.1 Å². The molecule has 15 heavy (non-hydrogen) atoms. The number of benzene rings is 1. The maximum atomic E-state index is 11.7. The summed E-state index contributed by atoms with van der Waals surface area (Å²) in [5.74, 6) is 0.0240. The normalized spacial score (nSPS) is 10.3. The van der Waals surface area contributed by atoms with E-state index in [4.69, 9.17) is 28.9 Å². The largest absolute Gasteiger partial charge is 0.330 e. The highest BCUT2D eigenvalue weighted by molar-refractivity contribution is 6.43. The van der Waals surface area contributed by atoms with Gasteiger partial charge in [-0.05, 0) is 31.5 Å². The summed E-state index contributed by atoms with van der Waals surface area (Å²) in [6.07, 6.45) is 2.11. The first-order chi connectivity index (χ1) is 7.16. The third-order valence-electron chi connectivity index (χ3n) is 2.11. The molecule has 2 N–H and O–H groups in total. The van der Waals surface area contributed by atoms with E-state index in [0.717, 1.165) is 12.8 Å². The molecule has 0 heterocycles. The van der Waals surface area contributed by atoms with Crippen LogP contribution in [0.4, 0.5) is 0 Å². The van der Waals surface area contributed by atoms with Crippen LogP contribution in [0.5, 0.6) is 0 Å². The first-order valence-electron chi connectivity index (χ1n) is 4.84. The molecule has 2 nitrogen and oxygen atoms in total. The first kappa shape index (κ1) is 12.5. The Morgan fingerprint density at radius 3 is 2.67 bits per heavy atom. The van der Waals surface area contributed by atoms with E-state index in [0.29, 0.717) is 28.6 Å².